The molecule has 2 fully saturated rings. The Bertz CT molecular complexity index is 1550. The number of pyridine rings is 1. The number of ether oxygens (including phenoxy) is 2. The summed E-state index contributed by atoms with van der Waals surface area (Å²) in [6.45, 7) is 4.99. The zero-order valence-electron chi connectivity index (χ0n) is 23.8. The number of nitrogens with two attached hydrogens (primary N) is 1. The van der Waals surface area contributed by atoms with Gasteiger partial charge in [0.25, 0.3) is 0 Å². The van der Waals surface area contributed by atoms with E-state index in [2.05, 4.69) is 55.8 Å². The first kappa shape index (κ1) is 27.2. The van der Waals surface area contributed by atoms with Gasteiger partial charge in [-0.25, -0.2) is 4.98 Å². The molecule has 0 amide bonds. The summed E-state index contributed by atoms with van der Waals surface area (Å²) >= 11 is 6.41. The normalized spacial score (nSPS) is 17.6. The maximum atomic E-state index is 6.41. The number of halogens is 1. The Hall–Kier alpha value is -4.03. The number of likely N-dealkylation sites (N-methyl/N-ethyl adjacent to an activating group) is 1. The minimum Gasteiger partial charge on any atom is -0.496 e. The molecule has 13 heteroatoms. The fraction of sp³-hybridized carbons (Fsp3) is 0.429. The molecule has 12 nitrogen and oxygen atoms in total. The number of rotatable bonds is 7. The molecule has 0 aliphatic carbocycles. The first-order valence-electron chi connectivity index (χ1n) is 13.7. The van der Waals surface area contributed by atoms with Gasteiger partial charge >= 0.3 is 0 Å². The molecule has 4 aromatic rings. The van der Waals surface area contributed by atoms with Crippen LogP contribution in [-0.4, -0.2) is 103 Å². The number of imidazole rings is 1. The van der Waals surface area contributed by atoms with Gasteiger partial charge in [-0.2, -0.15) is 15.0 Å². The van der Waals surface area contributed by atoms with Crippen molar-refractivity contribution in [3.8, 4) is 22.8 Å². The summed E-state index contributed by atoms with van der Waals surface area (Å²) in [7, 11) is 7.42. The van der Waals surface area contributed by atoms with Crippen molar-refractivity contribution in [1.82, 2.24) is 29.2 Å². The average Bonchev–Trinajstić information content (AvgIpc) is 3.64. The van der Waals surface area contributed by atoms with Crippen LogP contribution < -0.4 is 29.9 Å². The number of benzene rings is 1. The van der Waals surface area contributed by atoms with E-state index >= 15 is 0 Å². The third-order valence-electron chi connectivity index (χ3n) is 7.93. The number of nitrogens with zero attached hydrogens (tertiary/aromatic N) is 9. The SMILES string of the molecule is COc1cc(OC)c(-c2cn3ccc(N4CCN(c5nc(N)nc(N6CCC(N(C)C)C6)n5)CC4)cc3n2)cc1Cl. The first-order chi connectivity index (χ1) is 19.8. The summed E-state index contributed by atoms with van der Waals surface area (Å²) in [5, 5.41) is 0.504. The van der Waals surface area contributed by atoms with Crippen LogP contribution in [0.5, 0.6) is 11.5 Å². The highest BCUT2D eigenvalue weighted by atomic mass is 35.5. The predicted octanol–water partition coefficient (Wildman–Crippen LogP) is 2.91. The maximum absolute atomic E-state index is 6.41. The summed E-state index contributed by atoms with van der Waals surface area (Å²) in [5.41, 5.74) is 9.64. The van der Waals surface area contributed by atoms with E-state index in [0.29, 0.717) is 34.5 Å². The van der Waals surface area contributed by atoms with E-state index in [1.54, 1.807) is 20.3 Å². The lowest BCUT2D eigenvalue weighted by atomic mass is 10.1. The molecule has 1 atom stereocenters. The van der Waals surface area contributed by atoms with Crippen LogP contribution in [0.4, 0.5) is 23.5 Å². The largest absolute Gasteiger partial charge is 0.496 e. The molecule has 216 valence electrons. The van der Waals surface area contributed by atoms with Crippen molar-refractivity contribution >= 4 is 40.8 Å². The molecular formula is C28H35ClN10O2. The maximum Gasteiger partial charge on any atom is 0.232 e. The number of nitrogen functional groups attached to an aromatic ring is 1. The van der Waals surface area contributed by atoms with E-state index in [9.17, 15) is 0 Å². The molecule has 1 unspecified atom stereocenters. The van der Waals surface area contributed by atoms with Crippen LogP contribution in [0.2, 0.25) is 5.02 Å². The molecule has 0 radical (unpaired) electrons. The average molecular weight is 579 g/mol. The van der Waals surface area contributed by atoms with Crippen LogP contribution in [0, 0.1) is 0 Å². The zero-order chi connectivity index (χ0) is 28.7. The van der Waals surface area contributed by atoms with Crippen molar-refractivity contribution in [1.29, 1.82) is 0 Å². The molecule has 0 bridgehead atoms. The lowest BCUT2D eigenvalue weighted by Gasteiger charge is -2.36. The van der Waals surface area contributed by atoms with Crippen LogP contribution in [0.3, 0.4) is 0 Å². The molecule has 1 aromatic carbocycles. The Kier molecular flexibility index (Phi) is 7.35. The van der Waals surface area contributed by atoms with Crippen molar-refractivity contribution in [2.45, 2.75) is 12.5 Å². The number of aromatic nitrogens is 5. The summed E-state index contributed by atoms with van der Waals surface area (Å²) in [4.78, 5) is 27.6. The summed E-state index contributed by atoms with van der Waals surface area (Å²) in [5.74, 6) is 2.77. The number of methoxy groups -OCH3 is 2. The van der Waals surface area contributed by atoms with Gasteiger partial charge in [0.05, 0.1) is 24.9 Å². The second-order valence-corrected chi connectivity index (χ2v) is 11.0. The monoisotopic (exact) mass is 578 g/mol. The fourth-order valence-electron chi connectivity index (χ4n) is 5.52. The van der Waals surface area contributed by atoms with Crippen molar-refractivity contribution in [2.24, 2.45) is 0 Å². The van der Waals surface area contributed by atoms with E-state index in [4.69, 9.17) is 36.8 Å². The highest BCUT2D eigenvalue weighted by Crippen LogP contribution is 2.38. The van der Waals surface area contributed by atoms with Gasteiger partial charge < -0.3 is 39.2 Å². The molecule has 5 heterocycles. The van der Waals surface area contributed by atoms with E-state index in [1.165, 1.54) is 0 Å². The number of piperazine rings is 1. The zero-order valence-corrected chi connectivity index (χ0v) is 24.5. The third kappa shape index (κ3) is 5.36. The lowest BCUT2D eigenvalue weighted by molar-refractivity contribution is 0.315. The van der Waals surface area contributed by atoms with E-state index in [-0.39, 0.29) is 5.95 Å². The van der Waals surface area contributed by atoms with Gasteiger partial charge in [-0.3, -0.25) is 0 Å². The first-order valence-corrected chi connectivity index (χ1v) is 14.0. The van der Waals surface area contributed by atoms with Gasteiger partial charge in [-0.15, -0.1) is 0 Å². The predicted molar refractivity (Wildman–Crippen MR) is 162 cm³/mol. The Balaban J connectivity index is 1.17. The molecule has 2 saturated heterocycles. The third-order valence-corrected chi connectivity index (χ3v) is 8.22. The molecule has 6 rings (SSSR count). The molecule has 0 spiro atoms. The highest BCUT2D eigenvalue weighted by molar-refractivity contribution is 6.32. The Labute approximate surface area is 244 Å². The van der Waals surface area contributed by atoms with Crippen LogP contribution in [0.25, 0.3) is 16.9 Å². The van der Waals surface area contributed by atoms with Crippen LogP contribution in [0.1, 0.15) is 6.42 Å². The quantitative estimate of drug-likeness (QED) is 0.349. The van der Waals surface area contributed by atoms with Crippen molar-refractivity contribution in [3.05, 3.63) is 41.7 Å². The number of hydrogen-bond donors (Lipinski definition) is 1. The number of anilines is 4. The number of hydrogen-bond acceptors (Lipinski definition) is 11. The van der Waals surface area contributed by atoms with Crippen LogP contribution >= 0.6 is 11.6 Å². The van der Waals surface area contributed by atoms with Gasteiger partial charge in [-0.05, 0) is 32.6 Å². The minimum atomic E-state index is 0.260. The molecule has 2 aliphatic heterocycles. The molecule has 3 aromatic heterocycles. The second-order valence-electron chi connectivity index (χ2n) is 10.6. The topological polar surface area (TPSA) is 113 Å². The Morgan fingerprint density at radius 2 is 1.59 bits per heavy atom. The summed E-state index contributed by atoms with van der Waals surface area (Å²) < 4.78 is 12.9. The van der Waals surface area contributed by atoms with Gasteiger partial charge in [0.2, 0.25) is 17.8 Å². The van der Waals surface area contributed by atoms with Crippen LogP contribution in [0.15, 0.2) is 36.7 Å². The van der Waals surface area contributed by atoms with Gasteiger partial charge in [0.1, 0.15) is 17.1 Å². The van der Waals surface area contributed by atoms with E-state index in [0.717, 1.165) is 68.3 Å². The lowest BCUT2D eigenvalue weighted by Crippen LogP contribution is -2.47. The van der Waals surface area contributed by atoms with Crippen LogP contribution in [-0.2, 0) is 0 Å². The number of fused-ring (bicyclic) bond motifs is 1. The Morgan fingerprint density at radius 1 is 0.878 bits per heavy atom. The minimum absolute atomic E-state index is 0.260. The fourth-order valence-corrected chi connectivity index (χ4v) is 5.76. The van der Waals surface area contributed by atoms with Gasteiger partial charge in [0.15, 0.2) is 0 Å². The van der Waals surface area contributed by atoms with E-state index in [1.807, 2.05) is 22.9 Å². The molecule has 2 aliphatic rings. The molecule has 41 heavy (non-hydrogen) atoms. The van der Waals surface area contributed by atoms with Gasteiger partial charge in [-0.1, -0.05) is 11.6 Å². The Morgan fingerprint density at radius 3 is 2.27 bits per heavy atom. The summed E-state index contributed by atoms with van der Waals surface area (Å²) in [6.07, 6.45) is 5.08. The van der Waals surface area contributed by atoms with Crippen molar-refractivity contribution in [2.75, 3.05) is 88.0 Å². The van der Waals surface area contributed by atoms with E-state index < -0.39 is 0 Å². The van der Waals surface area contributed by atoms with Gasteiger partial charge in [0, 0.05) is 81.1 Å². The van der Waals surface area contributed by atoms with Crippen molar-refractivity contribution < 1.29 is 9.47 Å². The molecule has 2 N–H and O–H groups in total. The molecule has 0 saturated carbocycles. The highest BCUT2D eigenvalue weighted by Gasteiger charge is 2.28. The summed E-state index contributed by atoms with van der Waals surface area (Å²) in [6, 6.07) is 8.30. The smallest absolute Gasteiger partial charge is 0.232 e. The standard InChI is InChI=1S/C28H35ClN10O2/c1-35(2)19-6-8-39(16-19)28-33-26(30)32-27(34-28)37-11-9-36(10-12-37)18-5-7-38-17-22(31-25(38)13-18)20-14-21(29)24(41-4)15-23(20)40-3/h5,7,13-15,17,19H,6,8-12,16H2,1-4H3,(H2,30,32,33,34). The second kappa shape index (κ2) is 11.1. The van der Waals surface area contributed by atoms with Crippen molar-refractivity contribution in [3.63, 3.8) is 0 Å². The molecular weight excluding hydrogens is 544 g/mol.